The normalized spacial score (nSPS) is 14.1. The van der Waals surface area contributed by atoms with E-state index >= 15 is 0 Å². The maximum atomic E-state index is 5.55. The summed E-state index contributed by atoms with van der Waals surface area (Å²) in [5.41, 5.74) is 0. The first kappa shape index (κ1) is 9.88. The molecule has 1 unspecified atom stereocenters. The Morgan fingerprint density at radius 3 is 2.50 bits per heavy atom. The fourth-order valence-corrected chi connectivity index (χ4v) is 0.529. The Morgan fingerprint density at radius 2 is 2.10 bits per heavy atom. The van der Waals surface area contributed by atoms with Crippen LogP contribution in [0.5, 0.6) is 0 Å². The minimum atomic E-state index is 0.567. The van der Waals surface area contributed by atoms with Crippen molar-refractivity contribution in [3.8, 4) is 0 Å². The molecule has 0 saturated carbocycles. The van der Waals surface area contributed by atoms with E-state index in [-0.39, 0.29) is 0 Å². The van der Waals surface area contributed by atoms with Gasteiger partial charge in [-0.25, -0.2) is 5.01 Å². The van der Waals surface area contributed by atoms with E-state index in [9.17, 15) is 0 Å². The molecule has 0 aromatic rings. The monoisotopic (exact) mass is 145 g/mol. The Kier molecular flexibility index (Phi) is 5.58. The molecule has 3 N–H and O–H groups in total. The minimum Gasteiger partial charge on any atom is -0.301 e. The number of nitrogens with one attached hydrogen (secondary N) is 1. The van der Waals surface area contributed by atoms with E-state index in [0.29, 0.717) is 6.04 Å². The highest BCUT2D eigenvalue weighted by Gasteiger charge is 1.97. The molecule has 0 aliphatic heterocycles. The SMILES string of the molecule is CCC(C)NCN(N)CC. The fraction of sp³-hybridized carbons (Fsp3) is 1.00. The predicted octanol–water partition coefficient (Wildman–Crippen LogP) is 0.528. The number of hydrogen-bond acceptors (Lipinski definition) is 3. The van der Waals surface area contributed by atoms with Gasteiger partial charge in [0.25, 0.3) is 0 Å². The van der Waals surface area contributed by atoms with Gasteiger partial charge < -0.3 is 5.32 Å². The lowest BCUT2D eigenvalue weighted by Crippen LogP contribution is -2.42. The molecule has 0 heterocycles. The van der Waals surface area contributed by atoms with E-state index in [2.05, 4.69) is 19.2 Å². The maximum Gasteiger partial charge on any atom is 0.0620 e. The maximum absolute atomic E-state index is 5.55. The van der Waals surface area contributed by atoms with E-state index in [1.807, 2.05) is 6.92 Å². The van der Waals surface area contributed by atoms with Gasteiger partial charge in [0.2, 0.25) is 0 Å². The highest BCUT2D eigenvalue weighted by molar-refractivity contribution is 4.55. The van der Waals surface area contributed by atoms with Crippen molar-refractivity contribution in [1.29, 1.82) is 0 Å². The van der Waals surface area contributed by atoms with Crippen LogP contribution >= 0.6 is 0 Å². The van der Waals surface area contributed by atoms with Crippen molar-refractivity contribution in [3.05, 3.63) is 0 Å². The first-order valence-electron chi connectivity index (χ1n) is 3.93. The van der Waals surface area contributed by atoms with Gasteiger partial charge in [0.1, 0.15) is 0 Å². The smallest absolute Gasteiger partial charge is 0.0620 e. The topological polar surface area (TPSA) is 41.3 Å². The van der Waals surface area contributed by atoms with Gasteiger partial charge in [0.05, 0.1) is 6.67 Å². The van der Waals surface area contributed by atoms with E-state index < -0.39 is 0 Å². The van der Waals surface area contributed by atoms with Crippen molar-refractivity contribution in [2.24, 2.45) is 5.84 Å². The Hall–Kier alpha value is -0.120. The summed E-state index contributed by atoms with van der Waals surface area (Å²) in [5.74, 6) is 5.55. The third-order valence-electron chi connectivity index (χ3n) is 1.66. The van der Waals surface area contributed by atoms with Crippen LogP contribution in [0.2, 0.25) is 0 Å². The van der Waals surface area contributed by atoms with E-state index in [4.69, 9.17) is 5.84 Å². The first-order valence-corrected chi connectivity index (χ1v) is 3.93. The lowest BCUT2D eigenvalue weighted by atomic mass is 10.3. The number of hydrazine groups is 1. The largest absolute Gasteiger partial charge is 0.301 e. The average molecular weight is 145 g/mol. The molecule has 0 spiro atoms. The van der Waals surface area contributed by atoms with Crippen LogP contribution in [0, 0.1) is 0 Å². The van der Waals surface area contributed by atoms with Crippen LogP contribution in [0.15, 0.2) is 0 Å². The zero-order valence-electron chi connectivity index (χ0n) is 7.22. The average Bonchev–Trinajstić information content (AvgIpc) is 1.99. The van der Waals surface area contributed by atoms with Crippen LogP contribution < -0.4 is 11.2 Å². The Bertz CT molecular complexity index is 65.3. The van der Waals surface area contributed by atoms with Gasteiger partial charge >= 0.3 is 0 Å². The molecule has 3 nitrogen and oxygen atoms in total. The zero-order chi connectivity index (χ0) is 7.98. The number of rotatable bonds is 5. The fourth-order valence-electron chi connectivity index (χ4n) is 0.529. The molecule has 0 aliphatic carbocycles. The van der Waals surface area contributed by atoms with Crippen LogP contribution in [-0.2, 0) is 0 Å². The molecule has 0 fully saturated rings. The second-order valence-corrected chi connectivity index (χ2v) is 2.58. The minimum absolute atomic E-state index is 0.567. The second-order valence-electron chi connectivity index (χ2n) is 2.58. The van der Waals surface area contributed by atoms with Crippen LogP contribution in [0.3, 0.4) is 0 Å². The third-order valence-corrected chi connectivity index (χ3v) is 1.66. The van der Waals surface area contributed by atoms with Crippen LogP contribution in [0.25, 0.3) is 0 Å². The van der Waals surface area contributed by atoms with Gasteiger partial charge in [-0.3, -0.25) is 5.84 Å². The van der Waals surface area contributed by atoms with Gasteiger partial charge in [-0.2, -0.15) is 0 Å². The van der Waals surface area contributed by atoms with Crippen molar-refractivity contribution in [2.75, 3.05) is 13.2 Å². The first-order chi connectivity index (χ1) is 4.70. The lowest BCUT2D eigenvalue weighted by Gasteiger charge is -2.17. The molecular weight excluding hydrogens is 126 g/mol. The summed E-state index contributed by atoms with van der Waals surface area (Å²) in [7, 11) is 0. The molecule has 62 valence electrons. The molecule has 0 aromatic carbocycles. The summed E-state index contributed by atoms with van der Waals surface area (Å²) in [6.45, 7) is 8.03. The molecule has 0 aromatic heterocycles. The van der Waals surface area contributed by atoms with Crippen LogP contribution in [-0.4, -0.2) is 24.3 Å². The number of nitrogens with zero attached hydrogens (tertiary/aromatic N) is 1. The summed E-state index contributed by atoms with van der Waals surface area (Å²) in [6.07, 6.45) is 1.15. The molecule has 0 aliphatic rings. The quantitative estimate of drug-likeness (QED) is 0.337. The van der Waals surface area contributed by atoms with Crippen molar-refractivity contribution >= 4 is 0 Å². The molecule has 0 saturated heterocycles. The Morgan fingerprint density at radius 1 is 1.50 bits per heavy atom. The van der Waals surface area contributed by atoms with Gasteiger partial charge in [0.15, 0.2) is 0 Å². The van der Waals surface area contributed by atoms with Crippen molar-refractivity contribution in [3.63, 3.8) is 0 Å². The van der Waals surface area contributed by atoms with Crippen molar-refractivity contribution in [1.82, 2.24) is 10.3 Å². The van der Waals surface area contributed by atoms with Gasteiger partial charge in [0, 0.05) is 12.6 Å². The molecule has 10 heavy (non-hydrogen) atoms. The van der Waals surface area contributed by atoms with Crippen molar-refractivity contribution in [2.45, 2.75) is 33.2 Å². The molecular formula is C7H19N3. The molecule has 0 rings (SSSR count). The molecule has 0 amide bonds. The second kappa shape index (κ2) is 5.65. The van der Waals surface area contributed by atoms with Crippen LogP contribution in [0.1, 0.15) is 27.2 Å². The van der Waals surface area contributed by atoms with Crippen LogP contribution in [0.4, 0.5) is 0 Å². The van der Waals surface area contributed by atoms with Crippen molar-refractivity contribution < 1.29 is 0 Å². The molecule has 0 radical (unpaired) electrons. The standard InChI is InChI=1S/C7H19N3/c1-4-7(3)9-6-10(8)5-2/h7,9H,4-6,8H2,1-3H3. The molecule has 3 heteroatoms. The summed E-state index contributed by atoms with van der Waals surface area (Å²) in [6, 6.07) is 0.567. The summed E-state index contributed by atoms with van der Waals surface area (Å²) >= 11 is 0. The highest BCUT2D eigenvalue weighted by atomic mass is 15.4. The van der Waals surface area contributed by atoms with E-state index in [0.717, 1.165) is 19.6 Å². The Balaban J connectivity index is 3.17. The summed E-state index contributed by atoms with van der Waals surface area (Å²) in [4.78, 5) is 0. The molecule has 0 bridgehead atoms. The highest BCUT2D eigenvalue weighted by Crippen LogP contribution is 1.86. The van der Waals surface area contributed by atoms with Gasteiger partial charge in [-0.05, 0) is 13.3 Å². The summed E-state index contributed by atoms with van der Waals surface area (Å²) < 4.78 is 0. The lowest BCUT2D eigenvalue weighted by molar-refractivity contribution is 0.259. The predicted molar refractivity (Wildman–Crippen MR) is 44.3 cm³/mol. The van der Waals surface area contributed by atoms with E-state index in [1.54, 1.807) is 5.01 Å². The number of nitrogens with two attached hydrogens (primary N) is 1. The summed E-state index contributed by atoms with van der Waals surface area (Å²) in [5, 5.41) is 5.04. The third kappa shape index (κ3) is 4.73. The zero-order valence-corrected chi connectivity index (χ0v) is 7.22. The Labute approximate surface area is 63.5 Å². The number of hydrogen-bond donors (Lipinski definition) is 2. The van der Waals surface area contributed by atoms with Gasteiger partial charge in [-0.1, -0.05) is 13.8 Å². The van der Waals surface area contributed by atoms with Gasteiger partial charge in [-0.15, -0.1) is 0 Å². The molecule has 1 atom stereocenters. The van der Waals surface area contributed by atoms with E-state index in [1.165, 1.54) is 0 Å².